The summed E-state index contributed by atoms with van der Waals surface area (Å²) in [6.45, 7) is 2.05. The number of amides is 1. The maximum absolute atomic E-state index is 11.1. The number of rotatable bonds is 2. The third-order valence-corrected chi connectivity index (χ3v) is 2.52. The quantitative estimate of drug-likeness (QED) is 0.798. The van der Waals surface area contributed by atoms with Crippen LogP contribution in [-0.4, -0.2) is 17.9 Å². The number of hydrogen-bond donors (Lipinski definition) is 1. The van der Waals surface area contributed by atoms with Gasteiger partial charge in [-0.25, -0.2) is 4.98 Å². The molecule has 0 saturated carbocycles. The van der Waals surface area contributed by atoms with Gasteiger partial charge >= 0.3 is 0 Å². The van der Waals surface area contributed by atoms with Crippen LogP contribution >= 0.6 is 0 Å². The van der Waals surface area contributed by atoms with E-state index in [2.05, 4.69) is 23.3 Å². The maximum atomic E-state index is 11.1. The number of pyridine rings is 1. The molecule has 1 N–H and O–H groups in total. The smallest absolute Gasteiger partial charge is 0.243 e. The number of benzene rings is 1. The Kier molecular flexibility index (Phi) is 3.19. The maximum Gasteiger partial charge on any atom is 0.243 e. The summed E-state index contributed by atoms with van der Waals surface area (Å²) in [6.07, 6.45) is 3.18. The fourth-order valence-electron chi connectivity index (χ4n) is 1.60. The van der Waals surface area contributed by atoms with Crippen molar-refractivity contribution in [2.24, 2.45) is 0 Å². The van der Waals surface area contributed by atoms with E-state index in [1.807, 2.05) is 24.3 Å². The van der Waals surface area contributed by atoms with Crippen LogP contribution < -0.4 is 5.32 Å². The summed E-state index contributed by atoms with van der Waals surface area (Å²) in [5.41, 5.74) is 2.94. The first kappa shape index (κ1) is 11.3. The topological polar surface area (TPSA) is 42.0 Å². The lowest BCUT2D eigenvalue weighted by Gasteiger charge is -2.00. The molecule has 0 fully saturated rings. The zero-order valence-corrected chi connectivity index (χ0v) is 9.90. The van der Waals surface area contributed by atoms with Crippen molar-refractivity contribution in [3.63, 3.8) is 0 Å². The molecule has 1 heterocycles. The van der Waals surface area contributed by atoms with Crippen LogP contribution in [0.5, 0.6) is 0 Å². The number of nitrogens with zero attached hydrogens (tertiary/aromatic N) is 1. The SMILES string of the molecule is CNC(=O)/C=C/c1ccc2cc(C)ccc2n1. The number of carbonyl (C=O) groups is 1. The molecular weight excluding hydrogens is 212 g/mol. The van der Waals surface area contributed by atoms with Gasteiger partial charge in [0, 0.05) is 18.5 Å². The van der Waals surface area contributed by atoms with Gasteiger partial charge in [0.2, 0.25) is 5.91 Å². The molecule has 1 amide bonds. The molecule has 2 aromatic rings. The number of fused-ring (bicyclic) bond motifs is 1. The van der Waals surface area contributed by atoms with Crippen LogP contribution in [0.25, 0.3) is 17.0 Å². The Morgan fingerprint density at radius 2 is 2.12 bits per heavy atom. The second kappa shape index (κ2) is 4.78. The fourth-order valence-corrected chi connectivity index (χ4v) is 1.60. The number of aromatic nitrogens is 1. The Balaban J connectivity index is 2.35. The number of aryl methyl sites for hydroxylation is 1. The zero-order chi connectivity index (χ0) is 12.3. The molecule has 0 aliphatic carbocycles. The van der Waals surface area contributed by atoms with E-state index >= 15 is 0 Å². The summed E-state index contributed by atoms with van der Waals surface area (Å²) in [5.74, 6) is -0.129. The fraction of sp³-hybridized carbons (Fsp3) is 0.143. The average Bonchev–Trinajstić information content (AvgIpc) is 2.35. The molecule has 0 atom stereocenters. The normalized spacial score (nSPS) is 10.9. The first-order valence-corrected chi connectivity index (χ1v) is 5.46. The van der Waals surface area contributed by atoms with Crippen molar-refractivity contribution in [1.29, 1.82) is 0 Å². The van der Waals surface area contributed by atoms with Gasteiger partial charge in [-0.15, -0.1) is 0 Å². The van der Waals surface area contributed by atoms with Crippen LogP contribution in [0.4, 0.5) is 0 Å². The van der Waals surface area contributed by atoms with Gasteiger partial charge in [-0.1, -0.05) is 17.7 Å². The second-order valence-corrected chi connectivity index (χ2v) is 3.88. The molecule has 0 spiro atoms. The van der Waals surface area contributed by atoms with Gasteiger partial charge < -0.3 is 5.32 Å². The minimum Gasteiger partial charge on any atom is -0.356 e. The Bertz CT molecular complexity index is 588. The van der Waals surface area contributed by atoms with Crippen molar-refractivity contribution in [2.45, 2.75) is 6.92 Å². The van der Waals surface area contributed by atoms with Crippen molar-refractivity contribution in [3.05, 3.63) is 47.7 Å². The van der Waals surface area contributed by atoms with Crippen LogP contribution in [0.15, 0.2) is 36.4 Å². The first-order chi connectivity index (χ1) is 8.19. The Morgan fingerprint density at radius 3 is 2.88 bits per heavy atom. The van der Waals surface area contributed by atoms with Crippen molar-refractivity contribution >= 4 is 22.9 Å². The Hall–Kier alpha value is -2.16. The van der Waals surface area contributed by atoms with E-state index in [-0.39, 0.29) is 5.91 Å². The lowest BCUT2D eigenvalue weighted by molar-refractivity contribution is -0.115. The van der Waals surface area contributed by atoms with Crippen molar-refractivity contribution in [3.8, 4) is 0 Å². The molecule has 0 radical (unpaired) electrons. The summed E-state index contributed by atoms with van der Waals surface area (Å²) in [7, 11) is 1.60. The summed E-state index contributed by atoms with van der Waals surface area (Å²) in [6, 6.07) is 10.0. The predicted octanol–water partition coefficient (Wildman–Crippen LogP) is 2.30. The van der Waals surface area contributed by atoms with Crippen LogP contribution in [0.1, 0.15) is 11.3 Å². The van der Waals surface area contributed by atoms with E-state index in [9.17, 15) is 4.79 Å². The molecule has 1 aromatic carbocycles. The highest BCUT2D eigenvalue weighted by Crippen LogP contribution is 2.14. The summed E-state index contributed by atoms with van der Waals surface area (Å²) >= 11 is 0. The molecular formula is C14H14N2O. The van der Waals surface area contributed by atoms with Gasteiger partial charge in [-0.2, -0.15) is 0 Å². The van der Waals surface area contributed by atoms with Gasteiger partial charge in [0.15, 0.2) is 0 Å². The number of hydrogen-bond acceptors (Lipinski definition) is 2. The Labute approximate surface area is 100 Å². The molecule has 0 aliphatic rings. The molecule has 0 unspecified atom stereocenters. The molecule has 17 heavy (non-hydrogen) atoms. The highest BCUT2D eigenvalue weighted by Gasteiger charge is 1.97. The molecule has 1 aromatic heterocycles. The van der Waals surface area contributed by atoms with Crippen molar-refractivity contribution < 1.29 is 4.79 Å². The number of nitrogens with one attached hydrogen (secondary N) is 1. The van der Waals surface area contributed by atoms with E-state index in [1.165, 1.54) is 11.6 Å². The third kappa shape index (κ3) is 2.69. The first-order valence-electron chi connectivity index (χ1n) is 5.46. The number of likely N-dealkylation sites (N-methyl/N-ethyl adjacent to an activating group) is 1. The minimum atomic E-state index is -0.129. The summed E-state index contributed by atoms with van der Waals surface area (Å²) in [4.78, 5) is 15.5. The molecule has 0 saturated heterocycles. The van der Waals surface area contributed by atoms with Crippen molar-refractivity contribution in [1.82, 2.24) is 10.3 Å². The highest BCUT2D eigenvalue weighted by atomic mass is 16.1. The van der Waals surface area contributed by atoms with E-state index in [0.717, 1.165) is 16.6 Å². The molecule has 0 bridgehead atoms. The standard InChI is InChI=1S/C14H14N2O/c1-10-3-7-13-11(9-10)4-5-12(16-13)6-8-14(17)15-2/h3-9H,1-2H3,(H,15,17)/b8-6+. The lowest BCUT2D eigenvalue weighted by atomic mass is 10.1. The molecule has 3 heteroatoms. The van der Waals surface area contributed by atoms with Gasteiger partial charge in [0.25, 0.3) is 0 Å². The van der Waals surface area contributed by atoms with Crippen LogP contribution in [-0.2, 0) is 4.79 Å². The van der Waals surface area contributed by atoms with Crippen LogP contribution in [0.2, 0.25) is 0 Å². The van der Waals surface area contributed by atoms with E-state index in [0.29, 0.717) is 0 Å². The molecule has 3 nitrogen and oxygen atoms in total. The van der Waals surface area contributed by atoms with E-state index < -0.39 is 0 Å². The zero-order valence-electron chi connectivity index (χ0n) is 9.90. The highest BCUT2D eigenvalue weighted by molar-refractivity contribution is 5.91. The predicted molar refractivity (Wildman–Crippen MR) is 69.6 cm³/mol. The van der Waals surface area contributed by atoms with Gasteiger partial charge in [0.05, 0.1) is 11.2 Å². The van der Waals surface area contributed by atoms with Gasteiger partial charge in [0.1, 0.15) is 0 Å². The lowest BCUT2D eigenvalue weighted by Crippen LogP contribution is -2.13. The summed E-state index contributed by atoms with van der Waals surface area (Å²) in [5, 5.41) is 3.64. The molecule has 2 rings (SSSR count). The summed E-state index contributed by atoms with van der Waals surface area (Å²) < 4.78 is 0. The largest absolute Gasteiger partial charge is 0.356 e. The Morgan fingerprint density at radius 1 is 1.29 bits per heavy atom. The van der Waals surface area contributed by atoms with Crippen molar-refractivity contribution in [2.75, 3.05) is 7.05 Å². The third-order valence-electron chi connectivity index (χ3n) is 2.52. The monoisotopic (exact) mass is 226 g/mol. The van der Waals surface area contributed by atoms with Gasteiger partial charge in [-0.3, -0.25) is 4.79 Å². The molecule has 86 valence electrons. The second-order valence-electron chi connectivity index (χ2n) is 3.88. The average molecular weight is 226 g/mol. The van der Waals surface area contributed by atoms with E-state index in [4.69, 9.17) is 0 Å². The van der Waals surface area contributed by atoms with Crippen LogP contribution in [0, 0.1) is 6.92 Å². The minimum absolute atomic E-state index is 0.129. The number of carbonyl (C=O) groups excluding carboxylic acids is 1. The van der Waals surface area contributed by atoms with Crippen LogP contribution in [0.3, 0.4) is 0 Å². The van der Waals surface area contributed by atoms with Gasteiger partial charge in [-0.05, 0) is 31.2 Å². The van der Waals surface area contributed by atoms with E-state index in [1.54, 1.807) is 13.1 Å². The molecule has 0 aliphatic heterocycles.